The molecule has 2 N–H and O–H groups in total. The van der Waals surface area contributed by atoms with Gasteiger partial charge >= 0.3 is 12.0 Å². The Bertz CT molecular complexity index is 1630. The number of anilines is 4. The number of aryl methyl sites for hydroxylation is 4. The molecule has 0 radical (unpaired) electrons. The SMILES string of the molecule is Cc1ccc(Nc2nnc(COc3ccc(CCc4ccc(OCc5nnc(Nc6ccc(C)cc6)o5)cc4)cc3)o2)cc1. The van der Waals surface area contributed by atoms with Crippen molar-refractivity contribution in [1.29, 1.82) is 0 Å². The van der Waals surface area contributed by atoms with Crippen LogP contribution in [0, 0.1) is 13.8 Å². The molecule has 0 unspecified atom stereocenters. The lowest BCUT2D eigenvalue weighted by Gasteiger charge is -2.07. The van der Waals surface area contributed by atoms with Crippen LogP contribution in [0.4, 0.5) is 23.4 Å². The van der Waals surface area contributed by atoms with Crippen molar-refractivity contribution < 1.29 is 18.3 Å². The van der Waals surface area contributed by atoms with Crippen LogP contribution in [-0.4, -0.2) is 20.4 Å². The fraction of sp³-hybridized carbons (Fsp3) is 0.176. The van der Waals surface area contributed by atoms with Gasteiger partial charge in [-0.1, -0.05) is 69.9 Å². The Kier molecular flexibility index (Phi) is 8.77. The number of hydrogen-bond donors (Lipinski definition) is 2. The third kappa shape index (κ3) is 8.01. The summed E-state index contributed by atoms with van der Waals surface area (Å²) in [7, 11) is 0. The fourth-order valence-electron chi connectivity index (χ4n) is 4.33. The molecule has 6 aromatic rings. The highest BCUT2D eigenvalue weighted by Crippen LogP contribution is 2.21. The van der Waals surface area contributed by atoms with E-state index in [1.54, 1.807) is 0 Å². The second-order valence-electron chi connectivity index (χ2n) is 10.3. The van der Waals surface area contributed by atoms with Crippen molar-refractivity contribution in [3.05, 3.63) is 131 Å². The van der Waals surface area contributed by atoms with Crippen LogP contribution in [0.2, 0.25) is 0 Å². The Labute approximate surface area is 255 Å². The van der Waals surface area contributed by atoms with Gasteiger partial charge in [0.2, 0.25) is 0 Å². The number of benzene rings is 4. The van der Waals surface area contributed by atoms with E-state index in [-0.39, 0.29) is 13.2 Å². The molecule has 10 heteroatoms. The minimum Gasteiger partial charge on any atom is -0.484 e. The molecule has 0 aliphatic rings. The van der Waals surface area contributed by atoms with Crippen molar-refractivity contribution in [3.63, 3.8) is 0 Å². The van der Waals surface area contributed by atoms with Gasteiger partial charge in [0.1, 0.15) is 11.5 Å². The topological polar surface area (TPSA) is 120 Å². The molecule has 0 fully saturated rings. The number of hydrogen-bond acceptors (Lipinski definition) is 10. The summed E-state index contributed by atoms with van der Waals surface area (Å²) in [6.45, 7) is 4.45. The van der Waals surface area contributed by atoms with Crippen LogP contribution in [0.5, 0.6) is 11.5 Å². The molecular formula is C34H32N6O4. The molecule has 0 aliphatic heterocycles. The van der Waals surface area contributed by atoms with Gasteiger partial charge in [-0.3, -0.25) is 0 Å². The van der Waals surface area contributed by atoms with Crippen LogP contribution >= 0.6 is 0 Å². The maximum atomic E-state index is 5.83. The smallest absolute Gasteiger partial charge is 0.320 e. The molecule has 2 aromatic heterocycles. The van der Waals surface area contributed by atoms with Crippen LogP contribution in [0.25, 0.3) is 0 Å². The number of rotatable bonds is 13. The second kappa shape index (κ2) is 13.6. The molecule has 0 spiro atoms. The molecule has 222 valence electrons. The van der Waals surface area contributed by atoms with E-state index in [0.717, 1.165) is 35.7 Å². The van der Waals surface area contributed by atoms with Crippen LogP contribution in [-0.2, 0) is 26.1 Å². The standard InChI is InChI=1S/C34H32N6O4/c1-23-3-13-27(14-4-23)35-33-39-37-31(43-33)21-41-29-17-9-25(10-18-29)7-8-26-11-19-30(20-12-26)42-22-32-38-40-34(44-32)36-28-15-5-24(2)6-16-28/h3-6,9-20H,7-8,21-22H2,1-2H3,(H,35,39)(H,36,40). The molecule has 2 heterocycles. The average molecular weight is 589 g/mol. The average Bonchev–Trinajstić information content (AvgIpc) is 3.70. The lowest BCUT2D eigenvalue weighted by molar-refractivity contribution is 0.265. The van der Waals surface area contributed by atoms with E-state index in [4.69, 9.17) is 18.3 Å². The highest BCUT2D eigenvalue weighted by Gasteiger charge is 2.09. The third-order valence-electron chi connectivity index (χ3n) is 6.81. The van der Waals surface area contributed by atoms with Gasteiger partial charge in [0.15, 0.2) is 13.2 Å². The van der Waals surface area contributed by atoms with Crippen molar-refractivity contribution >= 4 is 23.4 Å². The van der Waals surface area contributed by atoms with Crippen molar-refractivity contribution in [1.82, 2.24) is 20.4 Å². The van der Waals surface area contributed by atoms with Crippen LogP contribution in [0.1, 0.15) is 34.0 Å². The fourth-order valence-corrected chi connectivity index (χ4v) is 4.33. The predicted molar refractivity (Wildman–Crippen MR) is 166 cm³/mol. The summed E-state index contributed by atoms with van der Waals surface area (Å²) in [6, 6.07) is 32.6. The highest BCUT2D eigenvalue weighted by atomic mass is 16.5. The molecule has 0 bridgehead atoms. The molecule has 44 heavy (non-hydrogen) atoms. The third-order valence-corrected chi connectivity index (χ3v) is 6.81. The number of nitrogens with zero attached hydrogens (tertiary/aromatic N) is 4. The number of aromatic nitrogens is 4. The van der Waals surface area contributed by atoms with Gasteiger partial charge in [-0.25, -0.2) is 0 Å². The zero-order valence-corrected chi connectivity index (χ0v) is 24.5. The van der Waals surface area contributed by atoms with Gasteiger partial charge in [0, 0.05) is 11.4 Å². The van der Waals surface area contributed by atoms with Crippen molar-refractivity contribution in [3.8, 4) is 11.5 Å². The summed E-state index contributed by atoms with van der Waals surface area (Å²) in [5.41, 5.74) is 6.56. The summed E-state index contributed by atoms with van der Waals surface area (Å²) in [5, 5.41) is 22.4. The Hall–Kier alpha value is -5.64. The summed E-state index contributed by atoms with van der Waals surface area (Å²) in [5.74, 6) is 2.27. The monoisotopic (exact) mass is 588 g/mol. The van der Waals surface area contributed by atoms with E-state index in [0.29, 0.717) is 23.8 Å². The summed E-state index contributed by atoms with van der Waals surface area (Å²) in [4.78, 5) is 0. The number of nitrogens with one attached hydrogen (secondary N) is 2. The van der Waals surface area contributed by atoms with Gasteiger partial charge in [-0.2, -0.15) is 0 Å². The van der Waals surface area contributed by atoms with Crippen molar-refractivity contribution in [2.75, 3.05) is 10.6 Å². The molecule has 10 nitrogen and oxygen atoms in total. The van der Waals surface area contributed by atoms with Gasteiger partial charge < -0.3 is 28.9 Å². The van der Waals surface area contributed by atoms with E-state index in [1.807, 2.05) is 86.6 Å². The first-order valence-electron chi connectivity index (χ1n) is 14.3. The zero-order chi connectivity index (χ0) is 30.1. The molecule has 4 aromatic carbocycles. The van der Waals surface area contributed by atoms with E-state index in [2.05, 4.69) is 55.3 Å². The Balaban J connectivity index is 0.915. The maximum absolute atomic E-state index is 5.83. The maximum Gasteiger partial charge on any atom is 0.320 e. The zero-order valence-electron chi connectivity index (χ0n) is 24.5. The summed E-state index contributed by atoms with van der Waals surface area (Å²) in [6.07, 6.45) is 1.80. The van der Waals surface area contributed by atoms with E-state index < -0.39 is 0 Å². The molecule has 6 rings (SSSR count). The van der Waals surface area contributed by atoms with Crippen molar-refractivity contribution in [2.24, 2.45) is 0 Å². The minimum atomic E-state index is 0.189. The van der Waals surface area contributed by atoms with Gasteiger partial charge in [-0.05, 0) is 86.3 Å². The lowest BCUT2D eigenvalue weighted by atomic mass is 10.0. The minimum absolute atomic E-state index is 0.189. The van der Waals surface area contributed by atoms with Gasteiger partial charge in [0.25, 0.3) is 11.8 Å². The molecular weight excluding hydrogens is 556 g/mol. The Morgan fingerprint density at radius 3 is 1.27 bits per heavy atom. The first kappa shape index (κ1) is 28.5. The predicted octanol–water partition coefficient (Wildman–Crippen LogP) is 7.50. The molecule has 0 saturated heterocycles. The van der Waals surface area contributed by atoms with E-state index >= 15 is 0 Å². The molecule has 0 atom stereocenters. The Morgan fingerprint density at radius 2 is 0.886 bits per heavy atom. The molecule has 0 saturated carbocycles. The van der Waals surface area contributed by atoms with Gasteiger partial charge in [-0.15, -0.1) is 10.2 Å². The quantitative estimate of drug-likeness (QED) is 0.140. The van der Waals surface area contributed by atoms with E-state index in [9.17, 15) is 0 Å². The number of ether oxygens (including phenoxy) is 2. The normalized spacial score (nSPS) is 10.9. The Morgan fingerprint density at radius 1 is 0.500 bits per heavy atom. The second-order valence-corrected chi connectivity index (χ2v) is 10.3. The lowest BCUT2D eigenvalue weighted by Crippen LogP contribution is -1.97. The first-order chi connectivity index (χ1) is 21.5. The highest BCUT2D eigenvalue weighted by molar-refractivity contribution is 5.53. The van der Waals surface area contributed by atoms with Crippen LogP contribution < -0.4 is 20.1 Å². The van der Waals surface area contributed by atoms with E-state index in [1.165, 1.54) is 22.3 Å². The van der Waals surface area contributed by atoms with Crippen LogP contribution in [0.15, 0.2) is 106 Å². The van der Waals surface area contributed by atoms with Crippen LogP contribution in [0.3, 0.4) is 0 Å². The van der Waals surface area contributed by atoms with Crippen molar-refractivity contribution in [2.45, 2.75) is 39.9 Å². The summed E-state index contributed by atoms with van der Waals surface area (Å²) < 4.78 is 22.9. The summed E-state index contributed by atoms with van der Waals surface area (Å²) >= 11 is 0. The first-order valence-corrected chi connectivity index (χ1v) is 14.3. The van der Waals surface area contributed by atoms with Gasteiger partial charge in [0.05, 0.1) is 0 Å². The molecule has 0 aliphatic carbocycles. The largest absolute Gasteiger partial charge is 0.484 e. The molecule has 0 amide bonds.